The third kappa shape index (κ3) is 6.10. The van der Waals surface area contributed by atoms with Crippen LogP contribution in [0.25, 0.3) is 111 Å². The van der Waals surface area contributed by atoms with Crippen molar-refractivity contribution in [1.29, 1.82) is 0 Å². The number of fused-ring (bicyclic) bond motifs is 6. The Labute approximate surface area is 360 Å². The Morgan fingerprint density at radius 2 is 0.581 bits per heavy atom. The summed E-state index contributed by atoms with van der Waals surface area (Å²) in [6.45, 7) is 0. The molecule has 0 amide bonds. The molecule has 9 aromatic carbocycles. The van der Waals surface area contributed by atoms with Gasteiger partial charge in [0.2, 0.25) is 0 Å². The molecule has 0 aliphatic heterocycles. The maximum Gasteiger partial charge on any atom is 0.0716 e. The van der Waals surface area contributed by atoms with Gasteiger partial charge in [0.05, 0.1) is 33.5 Å². The van der Waals surface area contributed by atoms with Gasteiger partial charge in [-0.15, -0.1) is 0 Å². The van der Waals surface area contributed by atoms with Gasteiger partial charge >= 0.3 is 0 Å². The molecule has 3 aromatic heterocycles. The molecular weight excluding hydrogens is 751 g/mol. The maximum atomic E-state index is 5.44. The van der Waals surface area contributed by atoms with Crippen LogP contribution in [-0.4, -0.2) is 14.1 Å². The molecule has 3 heterocycles. The molecule has 0 N–H and O–H groups in total. The molecule has 0 atom stereocenters. The molecule has 0 unspecified atom stereocenters. The first-order chi connectivity index (χ1) is 30.7. The first-order valence-electron chi connectivity index (χ1n) is 21.2. The standard InChI is InChI=1S/C59H39N3/c1-2-15-40(16-3-1)43-17-12-18-44(35-43)41-31-33-42(34-32-41)54-38-47(45-19-13-21-48(36-45)61-56-27-8-4-23-50(56)51-24-5-9-28-57(51)61)39-55(60-54)46-20-14-22-49(37-46)62-58-29-10-6-25-52(58)53-26-7-11-30-59(53)62/h1-39H. The largest absolute Gasteiger partial charge is 0.309 e. The predicted octanol–water partition coefficient (Wildman–Crippen LogP) is 15.6. The minimum absolute atomic E-state index is 0.919. The molecule has 0 fully saturated rings. The van der Waals surface area contributed by atoms with E-state index in [1.807, 2.05) is 0 Å². The lowest BCUT2D eigenvalue weighted by molar-refractivity contribution is 1.18. The first kappa shape index (κ1) is 35.7. The quantitative estimate of drug-likeness (QED) is 0.158. The fourth-order valence-corrected chi connectivity index (χ4v) is 9.37. The number of nitrogens with zero attached hydrogens (tertiary/aromatic N) is 3. The van der Waals surface area contributed by atoms with Crippen molar-refractivity contribution in [2.45, 2.75) is 0 Å². The zero-order valence-corrected chi connectivity index (χ0v) is 33.9. The Bertz CT molecular complexity index is 3350. The highest BCUT2D eigenvalue weighted by atomic mass is 15.0. The van der Waals surface area contributed by atoms with Gasteiger partial charge < -0.3 is 9.13 Å². The SMILES string of the molecule is c1ccc(-c2cccc(-c3ccc(-c4cc(-c5cccc(-n6c7ccccc7c7ccccc76)c5)cc(-c5cccc(-n6c7ccccc7c7ccccc76)c5)n4)cc3)c2)cc1. The number of aromatic nitrogens is 3. The van der Waals surface area contributed by atoms with Crippen LogP contribution in [0.4, 0.5) is 0 Å². The summed E-state index contributed by atoms with van der Waals surface area (Å²) >= 11 is 0. The average Bonchev–Trinajstić information content (AvgIpc) is 3.87. The normalized spacial score (nSPS) is 11.5. The number of rotatable bonds is 7. The van der Waals surface area contributed by atoms with Gasteiger partial charge in [0.25, 0.3) is 0 Å². The van der Waals surface area contributed by atoms with Crippen molar-refractivity contribution >= 4 is 43.6 Å². The molecular formula is C59H39N3. The zero-order chi connectivity index (χ0) is 41.0. The first-order valence-corrected chi connectivity index (χ1v) is 21.2. The Morgan fingerprint density at radius 1 is 0.226 bits per heavy atom. The number of pyridine rings is 1. The van der Waals surface area contributed by atoms with E-state index in [1.54, 1.807) is 0 Å². The maximum absolute atomic E-state index is 5.44. The lowest BCUT2D eigenvalue weighted by atomic mass is 9.96. The lowest BCUT2D eigenvalue weighted by Crippen LogP contribution is -1.96. The zero-order valence-electron chi connectivity index (χ0n) is 33.9. The van der Waals surface area contributed by atoms with E-state index in [2.05, 4.69) is 246 Å². The van der Waals surface area contributed by atoms with Crippen molar-refractivity contribution < 1.29 is 0 Å². The van der Waals surface area contributed by atoms with Crippen molar-refractivity contribution in [2.75, 3.05) is 0 Å². The molecule has 12 aromatic rings. The van der Waals surface area contributed by atoms with Crippen LogP contribution in [0.2, 0.25) is 0 Å². The van der Waals surface area contributed by atoms with Gasteiger partial charge in [0.1, 0.15) is 0 Å². The molecule has 0 spiro atoms. The summed E-state index contributed by atoms with van der Waals surface area (Å²) in [7, 11) is 0. The van der Waals surface area contributed by atoms with Crippen LogP contribution in [0.1, 0.15) is 0 Å². The second-order valence-electron chi connectivity index (χ2n) is 16.0. The molecule has 3 heteroatoms. The summed E-state index contributed by atoms with van der Waals surface area (Å²) in [5.74, 6) is 0. The van der Waals surface area contributed by atoms with Crippen LogP contribution < -0.4 is 0 Å². The molecule has 290 valence electrons. The van der Waals surface area contributed by atoms with E-state index in [9.17, 15) is 0 Å². The van der Waals surface area contributed by atoms with Crippen LogP contribution in [0.5, 0.6) is 0 Å². The summed E-state index contributed by atoms with van der Waals surface area (Å²) in [6, 6.07) is 85.2. The van der Waals surface area contributed by atoms with Crippen LogP contribution >= 0.6 is 0 Å². The van der Waals surface area contributed by atoms with E-state index < -0.39 is 0 Å². The van der Waals surface area contributed by atoms with E-state index >= 15 is 0 Å². The molecule has 0 saturated heterocycles. The molecule has 62 heavy (non-hydrogen) atoms. The van der Waals surface area contributed by atoms with Gasteiger partial charge in [-0.05, 0) is 100 Å². The van der Waals surface area contributed by atoms with Crippen LogP contribution in [0.15, 0.2) is 237 Å². The van der Waals surface area contributed by atoms with Crippen molar-refractivity contribution in [3.8, 4) is 67.3 Å². The summed E-state index contributed by atoms with van der Waals surface area (Å²) in [5.41, 5.74) is 17.9. The number of hydrogen-bond acceptors (Lipinski definition) is 1. The van der Waals surface area contributed by atoms with Crippen molar-refractivity contribution in [2.24, 2.45) is 0 Å². The van der Waals surface area contributed by atoms with E-state index in [0.29, 0.717) is 0 Å². The predicted molar refractivity (Wildman–Crippen MR) is 260 cm³/mol. The van der Waals surface area contributed by atoms with E-state index in [-0.39, 0.29) is 0 Å². The second kappa shape index (κ2) is 14.8. The monoisotopic (exact) mass is 789 g/mol. The van der Waals surface area contributed by atoms with Crippen molar-refractivity contribution in [1.82, 2.24) is 14.1 Å². The third-order valence-corrected chi connectivity index (χ3v) is 12.3. The van der Waals surface area contributed by atoms with E-state index in [4.69, 9.17) is 4.98 Å². The highest BCUT2D eigenvalue weighted by molar-refractivity contribution is 6.10. The smallest absolute Gasteiger partial charge is 0.0716 e. The molecule has 0 radical (unpaired) electrons. The number of para-hydroxylation sites is 4. The van der Waals surface area contributed by atoms with Gasteiger partial charge in [-0.2, -0.15) is 0 Å². The highest BCUT2D eigenvalue weighted by Crippen LogP contribution is 2.38. The van der Waals surface area contributed by atoms with Crippen LogP contribution in [0, 0.1) is 0 Å². The Kier molecular flexibility index (Phi) is 8.50. The lowest BCUT2D eigenvalue weighted by Gasteiger charge is -2.14. The third-order valence-electron chi connectivity index (χ3n) is 12.3. The van der Waals surface area contributed by atoms with E-state index in [1.165, 1.54) is 65.9 Å². The molecule has 12 rings (SSSR count). The Morgan fingerprint density at radius 3 is 1.10 bits per heavy atom. The van der Waals surface area contributed by atoms with E-state index in [0.717, 1.165) is 45.0 Å². The topological polar surface area (TPSA) is 22.8 Å². The second-order valence-corrected chi connectivity index (χ2v) is 16.0. The summed E-state index contributed by atoms with van der Waals surface area (Å²) in [6.07, 6.45) is 0. The molecule has 3 nitrogen and oxygen atoms in total. The van der Waals surface area contributed by atoms with Crippen molar-refractivity contribution in [3.05, 3.63) is 237 Å². The minimum atomic E-state index is 0.919. The summed E-state index contributed by atoms with van der Waals surface area (Å²) in [4.78, 5) is 5.44. The van der Waals surface area contributed by atoms with Crippen LogP contribution in [-0.2, 0) is 0 Å². The summed E-state index contributed by atoms with van der Waals surface area (Å²) in [5, 5.41) is 4.99. The molecule has 0 aliphatic rings. The van der Waals surface area contributed by atoms with Gasteiger partial charge in [-0.3, -0.25) is 0 Å². The van der Waals surface area contributed by atoms with Crippen LogP contribution in [0.3, 0.4) is 0 Å². The van der Waals surface area contributed by atoms with Gasteiger partial charge in [0, 0.05) is 44.0 Å². The Hall–Kier alpha value is -8.27. The summed E-state index contributed by atoms with van der Waals surface area (Å²) < 4.78 is 4.76. The number of benzene rings is 9. The van der Waals surface area contributed by atoms with Gasteiger partial charge in [-0.1, -0.05) is 170 Å². The fraction of sp³-hybridized carbons (Fsp3) is 0. The van der Waals surface area contributed by atoms with Gasteiger partial charge in [-0.25, -0.2) is 4.98 Å². The van der Waals surface area contributed by atoms with Crippen molar-refractivity contribution in [3.63, 3.8) is 0 Å². The average molecular weight is 790 g/mol. The molecule has 0 aliphatic carbocycles. The fourth-order valence-electron chi connectivity index (χ4n) is 9.37. The minimum Gasteiger partial charge on any atom is -0.309 e. The molecule has 0 bridgehead atoms. The Balaban J connectivity index is 1.00. The number of hydrogen-bond donors (Lipinski definition) is 0. The highest BCUT2D eigenvalue weighted by Gasteiger charge is 2.16. The van der Waals surface area contributed by atoms with Gasteiger partial charge in [0.15, 0.2) is 0 Å². The molecule has 0 saturated carbocycles.